The second-order valence-corrected chi connectivity index (χ2v) is 6.64. The van der Waals surface area contributed by atoms with Gasteiger partial charge in [0.25, 0.3) is 11.8 Å². The molecule has 0 aliphatic rings. The number of rotatable bonds is 4. The van der Waals surface area contributed by atoms with Crippen molar-refractivity contribution in [3.05, 3.63) is 94.0 Å². The van der Waals surface area contributed by atoms with Crippen LogP contribution >= 0.6 is 15.9 Å². The van der Waals surface area contributed by atoms with Gasteiger partial charge >= 0.3 is 0 Å². The monoisotopic (exact) mass is 408 g/mol. The molecule has 26 heavy (non-hydrogen) atoms. The van der Waals surface area contributed by atoms with Gasteiger partial charge in [-0.3, -0.25) is 9.59 Å². The summed E-state index contributed by atoms with van der Waals surface area (Å²) in [7, 11) is 0. The highest BCUT2D eigenvalue weighted by atomic mass is 79.9. The van der Waals surface area contributed by atoms with Crippen LogP contribution < -0.4 is 10.6 Å². The summed E-state index contributed by atoms with van der Waals surface area (Å²) < 4.78 is 0.724. The van der Waals surface area contributed by atoms with Crippen LogP contribution in [-0.2, 0) is 0 Å². The number of carbonyl (C=O) groups is 2. The fraction of sp³-hybridized carbons (Fsp3) is 0.0476. The van der Waals surface area contributed by atoms with Gasteiger partial charge in [0.15, 0.2) is 0 Å². The standard InChI is InChI=1S/C21H17BrN2O2/c1-14-7-2-3-10-17(14)20(25)23-15-8-6-9-16(13-15)24-21(26)18-11-4-5-12-19(18)22/h2-13H,1H3,(H,23,25)(H,24,26). The molecule has 5 heteroatoms. The van der Waals surface area contributed by atoms with E-state index in [-0.39, 0.29) is 11.8 Å². The Morgan fingerprint density at radius 3 is 1.88 bits per heavy atom. The van der Waals surface area contributed by atoms with Crippen LogP contribution in [0.3, 0.4) is 0 Å². The van der Waals surface area contributed by atoms with Gasteiger partial charge in [-0.25, -0.2) is 0 Å². The lowest BCUT2D eigenvalue weighted by molar-refractivity contribution is 0.101. The van der Waals surface area contributed by atoms with Crippen molar-refractivity contribution in [2.45, 2.75) is 6.92 Å². The van der Waals surface area contributed by atoms with E-state index in [1.54, 1.807) is 42.5 Å². The molecule has 0 atom stereocenters. The van der Waals surface area contributed by atoms with Crippen LogP contribution in [0.15, 0.2) is 77.3 Å². The van der Waals surface area contributed by atoms with Crippen molar-refractivity contribution in [2.75, 3.05) is 10.6 Å². The fourth-order valence-corrected chi connectivity index (χ4v) is 3.01. The fourth-order valence-electron chi connectivity index (χ4n) is 2.54. The highest BCUT2D eigenvalue weighted by Crippen LogP contribution is 2.20. The molecule has 0 bridgehead atoms. The summed E-state index contributed by atoms with van der Waals surface area (Å²) in [5.74, 6) is -0.405. The van der Waals surface area contributed by atoms with E-state index in [0.29, 0.717) is 22.5 Å². The third kappa shape index (κ3) is 4.18. The molecule has 4 nitrogen and oxygen atoms in total. The summed E-state index contributed by atoms with van der Waals surface area (Å²) in [6, 6.07) is 21.7. The molecule has 0 saturated heterocycles. The summed E-state index contributed by atoms with van der Waals surface area (Å²) in [6.07, 6.45) is 0. The van der Waals surface area contributed by atoms with Crippen LogP contribution in [0.4, 0.5) is 11.4 Å². The predicted molar refractivity (Wildman–Crippen MR) is 108 cm³/mol. The van der Waals surface area contributed by atoms with Crippen LogP contribution in [0.1, 0.15) is 26.3 Å². The molecule has 3 aromatic carbocycles. The molecule has 2 amide bonds. The second kappa shape index (κ2) is 7.97. The maximum atomic E-state index is 12.4. The van der Waals surface area contributed by atoms with Gasteiger partial charge in [0, 0.05) is 21.4 Å². The van der Waals surface area contributed by atoms with Crippen LogP contribution in [0.5, 0.6) is 0 Å². The quantitative estimate of drug-likeness (QED) is 0.618. The van der Waals surface area contributed by atoms with Crippen LogP contribution in [-0.4, -0.2) is 11.8 Å². The number of aryl methyl sites for hydroxylation is 1. The van der Waals surface area contributed by atoms with Crippen LogP contribution in [0, 0.1) is 6.92 Å². The molecule has 0 aliphatic carbocycles. The Morgan fingerprint density at radius 1 is 0.731 bits per heavy atom. The van der Waals surface area contributed by atoms with E-state index in [1.807, 2.05) is 37.3 Å². The Balaban J connectivity index is 1.74. The molecule has 0 saturated carbocycles. The van der Waals surface area contributed by atoms with E-state index in [1.165, 1.54) is 0 Å². The topological polar surface area (TPSA) is 58.2 Å². The molecule has 0 heterocycles. The summed E-state index contributed by atoms with van der Waals surface area (Å²) in [6.45, 7) is 1.89. The van der Waals surface area contributed by atoms with E-state index in [4.69, 9.17) is 0 Å². The van der Waals surface area contributed by atoms with Crippen molar-refractivity contribution in [3.8, 4) is 0 Å². The first kappa shape index (κ1) is 17.9. The van der Waals surface area contributed by atoms with E-state index in [9.17, 15) is 9.59 Å². The zero-order valence-corrected chi connectivity index (χ0v) is 15.7. The Labute approximate surface area is 160 Å². The summed E-state index contributed by atoms with van der Waals surface area (Å²) in [4.78, 5) is 24.8. The zero-order valence-electron chi connectivity index (χ0n) is 14.1. The lowest BCUT2D eigenvalue weighted by atomic mass is 10.1. The highest BCUT2D eigenvalue weighted by molar-refractivity contribution is 9.10. The highest BCUT2D eigenvalue weighted by Gasteiger charge is 2.11. The van der Waals surface area contributed by atoms with E-state index < -0.39 is 0 Å². The van der Waals surface area contributed by atoms with Gasteiger partial charge in [-0.2, -0.15) is 0 Å². The van der Waals surface area contributed by atoms with Crippen molar-refractivity contribution < 1.29 is 9.59 Å². The number of anilines is 2. The minimum atomic E-state index is -0.222. The number of halogens is 1. The van der Waals surface area contributed by atoms with Crippen molar-refractivity contribution in [2.24, 2.45) is 0 Å². The average molecular weight is 409 g/mol. The summed E-state index contributed by atoms with van der Waals surface area (Å²) in [5, 5.41) is 5.71. The first-order valence-corrected chi connectivity index (χ1v) is 8.87. The maximum Gasteiger partial charge on any atom is 0.256 e. The van der Waals surface area contributed by atoms with Gasteiger partial charge in [0.1, 0.15) is 0 Å². The molecule has 0 aliphatic heterocycles. The minimum absolute atomic E-state index is 0.183. The van der Waals surface area contributed by atoms with Gasteiger partial charge in [-0.15, -0.1) is 0 Å². The molecule has 3 rings (SSSR count). The van der Waals surface area contributed by atoms with E-state index >= 15 is 0 Å². The first-order valence-electron chi connectivity index (χ1n) is 8.07. The molecule has 2 N–H and O–H groups in total. The Hall–Kier alpha value is -2.92. The number of amides is 2. The molecule has 0 spiro atoms. The number of hydrogen-bond acceptors (Lipinski definition) is 2. The van der Waals surface area contributed by atoms with Crippen LogP contribution in [0.2, 0.25) is 0 Å². The molecule has 0 fully saturated rings. The largest absolute Gasteiger partial charge is 0.322 e. The van der Waals surface area contributed by atoms with Crippen molar-refractivity contribution in [3.63, 3.8) is 0 Å². The van der Waals surface area contributed by atoms with Crippen molar-refractivity contribution >= 4 is 39.1 Å². The Morgan fingerprint density at radius 2 is 1.27 bits per heavy atom. The van der Waals surface area contributed by atoms with Crippen molar-refractivity contribution in [1.29, 1.82) is 0 Å². The van der Waals surface area contributed by atoms with E-state index in [2.05, 4.69) is 26.6 Å². The second-order valence-electron chi connectivity index (χ2n) is 5.78. The van der Waals surface area contributed by atoms with Gasteiger partial charge in [-0.05, 0) is 64.8 Å². The lowest BCUT2D eigenvalue weighted by Gasteiger charge is -2.10. The smallest absolute Gasteiger partial charge is 0.256 e. The molecule has 0 aromatic heterocycles. The molecule has 3 aromatic rings. The lowest BCUT2D eigenvalue weighted by Crippen LogP contribution is -2.15. The van der Waals surface area contributed by atoms with Gasteiger partial charge < -0.3 is 10.6 Å². The summed E-state index contributed by atoms with van der Waals surface area (Å²) in [5.41, 5.74) is 3.29. The average Bonchev–Trinajstić information content (AvgIpc) is 2.62. The zero-order chi connectivity index (χ0) is 18.5. The molecular weight excluding hydrogens is 392 g/mol. The maximum absolute atomic E-state index is 12.4. The Bertz CT molecular complexity index is 895. The number of carbonyl (C=O) groups excluding carboxylic acids is 2. The molecule has 130 valence electrons. The third-order valence-corrected chi connectivity index (χ3v) is 4.58. The summed E-state index contributed by atoms with van der Waals surface area (Å²) >= 11 is 3.37. The van der Waals surface area contributed by atoms with E-state index in [0.717, 1.165) is 10.0 Å². The third-order valence-electron chi connectivity index (χ3n) is 3.89. The number of hydrogen-bond donors (Lipinski definition) is 2. The van der Waals surface area contributed by atoms with Crippen molar-refractivity contribution in [1.82, 2.24) is 0 Å². The normalized spacial score (nSPS) is 10.2. The van der Waals surface area contributed by atoms with Gasteiger partial charge in [0.2, 0.25) is 0 Å². The first-order chi connectivity index (χ1) is 12.5. The Kier molecular flexibility index (Phi) is 5.49. The molecular formula is C21H17BrN2O2. The molecule has 0 radical (unpaired) electrons. The predicted octanol–water partition coefficient (Wildman–Crippen LogP) is 5.26. The van der Waals surface area contributed by atoms with Gasteiger partial charge in [-0.1, -0.05) is 36.4 Å². The molecule has 0 unspecified atom stereocenters. The van der Waals surface area contributed by atoms with Crippen LogP contribution in [0.25, 0.3) is 0 Å². The van der Waals surface area contributed by atoms with Gasteiger partial charge in [0.05, 0.1) is 5.56 Å². The minimum Gasteiger partial charge on any atom is -0.322 e. The SMILES string of the molecule is Cc1ccccc1C(=O)Nc1cccc(NC(=O)c2ccccc2Br)c1. The number of nitrogens with one attached hydrogen (secondary N) is 2. The number of benzene rings is 3.